The van der Waals surface area contributed by atoms with Crippen molar-refractivity contribution in [3.8, 4) is 5.75 Å². The molecule has 0 aliphatic heterocycles. The molecule has 5 nitrogen and oxygen atoms in total. The summed E-state index contributed by atoms with van der Waals surface area (Å²) in [6, 6.07) is 4.44. The molecule has 100 valence electrons. The summed E-state index contributed by atoms with van der Waals surface area (Å²) in [4.78, 5) is 10.2. The van der Waals surface area contributed by atoms with E-state index < -0.39 is 10.5 Å². The molecule has 0 aromatic heterocycles. The maximum absolute atomic E-state index is 10.6. The van der Waals surface area contributed by atoms with Gasteiger partial charge in [-0.15, -0.1) is 0 Å². The van der Waals surface area contributed by atoms with Crippen LogP contribution in [-0.4, -0.2) is 22.2 Å². The van der Waals surface area contributed by atoms with Crippen molar-refractivity contribution in [2.24, 2.45) is 0 Å². The maximum atomic E-state index is 10.6. The summed E-state index contributed by atoms with van der Waals surface area (Å²) >= 11 is 0. The number of benzene rings is 1. The summed E-state index contributed by atoms with van der Waals surface area (Å²) in [6.45, 7) is 5.74. The second-order valence-corrected chi connectivity index (χ2v) is 4.43. The molecule has 1 rings (SSSR count). The van der Waals surface area contributed by atoms with Crippen molar-refractivity contribution in [3.05, 3.63) is 33.9 Å². The van der Waals surface area contributed by atoms with E-state index in [9.17, 15) is 15.2 Å². The van der Waals surface area contributed by atoms with Gasteiger partial charge < -0.3 is 9.84 Å². The number of rotatable bonds is 6. The third-order valence-corrected chi connectivity index (χ3v) is 3.18. The van der Waals surface area contributed by atoms with Gasteiger partial charge in [-0.3, -0.25) is 10.1 Å². The van der Waals surface area contributed by atoms with Crippen LogP contribution >= 0.6 is 0 Å². The SMILES string of the molecule is CCC(O)(CC)COc1ccc([N+](=O)[O-])cc1C. The van der Waals surface area contributed by atoms with Gasteiger partial charge >= 0.3 is 0 Å². The van der Waals surface area contributed by atoms with Gasteiger partial charge in [0.15, 0.2) is 0 Å². The van der Waals surface area contributed by atoms with E-state index in [1.165, 1.54) is 12.1 Å². The molecule has 0 spiro atoms. The number of nitro benzene ring substituents is 1. The molecule has 0 heterocycles. The van der Waals surface area contributed by atoms with Gasteiger partial charge in [0.1, 0.15) is 12.4 Å². The third kappa shape index (κ3) is 3.43. The molecular weight excluding hydrogens is 234 g/mol. The fourth-order valence-corrected chi connectivity index (χ4v) is 1.58. The topological polar surface area (TPSA) is 72.6 Å². The van der Waals surface area contributed by atoms with Gasteiger partial charge in [0, 0.05) is 12.1 Å². The fourth-order valence-electron chi connectivity index (χ4n) is 1.58. The highest BCUT2D eigenvalue weighted by molar-refractivity contribution is 5.42. The van der Waals surface area contributed by atoms with Gasteiger partial charge in [-0.2, -0.15) is 0 Å². The number of nitro groups is 1. The quantitative estimate of drug-likeness (QED) is 0.625. The molecule has 0 atom stereocenters. The summed E-state index contributed by atoms with van der Waals surface area (Å²) in [6.07, 6.45) is 1.21. The van der Waals surface area contributed by atoms with Crippen LogP contribution in [0.4, 0.5) is 5.69 Å². The number of ether oxygens (including phenoxy) is 1. The molecule has 18 heavy (non-hydrogen) atoms. The Labute approximate surface area is 107 Å². The van der Waals surface area contributed by atoms with Gasteiger partial charge in [-0.05, 0) is 31.4 Å². The highest BCUT2D eigenvalue weighted by atomic mass is 16.6. The first-order chi connectivity index (χ1) is 8.41. The Bertz CT molecular complexity index is 427. The van der Waals surface area contributed by atoms with Crippen molar-refractivity contribution in [2.75, 3.05) is 6.61 Å². The summed E-state index contributed by atoms with van der Waals surface area (Å²) in [7, 11) is 0. The second kappa shape index (κ2) is 5.82. The van der Waals surface area contributed by atoms with Gasteiger partial charge in [-0.1, -0.05) is 13.8 Å². The van der Waals surface area contributed by atoms with E-state index in [0.29, 0.717) is 24.2 Å². The van der Waals surface area contributed by atoms with Crippen LogP contribution in [0.1, 0.15) is 32.3 Å². The summed E-state index contributed by atoms with van der Waals surface area (Å²) in [5, 5.41) is 20.7. The fraction of sp³-hybridized carbons (Fsp3) is 0.538. The number of non-ortho nitro benzene ring substituents is 1. The van der Waals surface area contributed by atoms with Crippen LogP contribution < -0.4 is 4.74 Å². The van der Waals surface area contributed by atoms with Gasteiger partial charge in [0.05, 0.1) is 10.5 Å². The Morgan fingerprint density at radius 1 is 1.39 bits per heavy atom. The number of aryl methyl sites for hydroxylation is 1. The van der Waals surface area contributed by atoms with Crippen molar-refractivity contribution in [1.29, 1.82) is 0 Å². The van der Waals surface area contributed by atoms with Crippen molar-refractivity contribution >= 4 is 5.69 Å². The summed E-state index contributed by atoms with van der Waals surface area (Å²) < 4.78 is 5.55. The van der Waals surface area contributed by atoms with E-state index in [1.54, 1.807) is 13.0 Å². The lowest BCUT2D eigenvalue weighted by Gasteiger charge is -2.25. The van der Waals surface area contributed by atoms with E-state index in [-0.39, 0.29) is 12.3 Å². The second-order valence-electron chi connectivity index (χ2n) is 4.43. The smallest absolute Gasteiger partial charge is 0.269 e. The van der Waals surface area contributed by atoms with Crippen LogP contribution in [0.25, 0.3) is 0 Å². The Balaban J connectivity index is 2.77. The molecule has 1 aromatic rings. The lowest BCUT2D eigenvalue weighted by molar-refractivity contribution is -0.384. The minimum Gasteiger partial charge on any atom is -0.490 e. The van der Waals surface area contributed by atoms with Crippen molar-refractivity contribution in [1.82, 2.24) is 0 Å². The van der Waals surface area contributed by atoms with Crippen LogP contribution in [0.15, 0.2) is 18.2 Å². The number of nitrogens with zero attached hydrogens (tertiary/aromatic N) is 1. The average Bonchev–Trinajstić information content (AvgIpc) is 2.36. The van der Waals surface area contributed by atoms with Crippen molar-refractivity contribution in [2.45, 2.75) is 39.2 Å². The molecule has 1 aromatic carbocycles. The number of aliphatic hydroxyl groups is 1. The highest BCUT2D eigenvalue weighted by Gasteiger charge is 2.23. The van der Waals surface area contributed by atoms with Crippen molar-refractivity contribution in [3.63, 3.8) is 0 Å². The standard InChI is InChI=1S/C13H19NO4/c1-4-13(15,5-2)9-18-12-7-6-11(14(16)17)8-10(12)3/h6-8,15H,4-5,9H2,1-3H3. The first-order valence-electron chi connectivity index (χ1n) is 6.02. The largest absolute Gasteiger partial charge is 0.490 e. The molecule has 0 unspecified atom stereocenters. The van der Waals surface area contributed by atoms with E-state index in [2.05, 4.69) is 0 Å². The minimum absolute atomic E-state index is 0.0427. The van der Waals surface area contributed by atoms with Gasteiger partial charge in [0.25, 0.3) is 5.69 Å². The summed E-state index contributed by atoms with van der Waals surface area (Å²) in [5.74, 6) is 0.570. The zero-order valence-corrected chi connectivity index (χ0v) is 11.0. The predicted octanol–water partition coefficient (Wildman–Crippen LogP) is 2.83. The minimum atomic E-state index is -0.839. The number of hydrogen-bond donors (Lipinski definition) is 1. The lowest BCUT2D eigenvalue weighted by atomic mass is 9.99. The molecule has 0 aliphatic carbocycles. The molecule has 0 radical (unpaired) electrons. The molecule has 0 amide bonds. The van der Waals surface area contributed by atoms with E-state index >= 15 is 0 Å². The zero-order chi connectivity index (χ0) is 13.8. The van der Waals surface area contributed by atoms with E-state index in [1.807, 2.05) is 13.8 Å². The lowest BCUT2D eigenvalue weighted by Crippen LogP contribution is -2.34. The van der Waals surface area contributed by atoms with Gasteiger partial charge in [-0.25, -0.2) is 0 Å². The molecule has 5 heteroatoms. The Morgan fingerprint density at radius 3 is 2.44 bits per heavy atom. The average molecular weight is 253 g/mol. The predicted molar refractivity (Wildman–Crippen MR) is 68.9 cm³/mol. The molecule has 1 N–H and O–H groups in total. The molecule has 0 fully saturated rings. The van der Waals surface area contributed by atoms with Crippen LogP contribution in [0, 0.1) is 17.0 Å². The molecule has 0 saturated heterocycles. The monoisotopic (exact) mass is 253 g/mol. The normalized spacial score (nSPS) is 11.3. The Morgan fingerprint density at radius 2 is 2.00 bits per heavy atom. The molecule has 0 aliphatic rings. The van der Waals surface area contributed by atoms with Crippen LogP contribution in [-0.2, 0) is 0 Å². The first kappa shape index (κ1) is 14.4. The van der Waals surface area contributed by atoms with E-state index in [0.717, 1.165) is 0 Å². The van der Waals surface area contributed by atoms with E-state index in [4.69, 9.17) is 4.74 Å². The van der Waals surface area contributed by atoms with Crippen LogP contribution in [0.3, 0.4) is 0 Å². The Hall–Kier alpha value is -1.62. The van der Waals surface area contributed by atoms with Gasteiger partial charge in [0.2, 0.25) is 0 Å². The summed E-state index contributed by atoms with van der Waals surface area (Å²) in [5.41, 5.74) is -0.103. The Kier molecular flexibility index (Phi) is 4.67. The number of hydrogen-bond acceptors (Lipinski definition) is 4. The van der Waals surface area contributed by atoms with Crippen LogP contribution in [0.2, 0.25) is 0 Å². The molecule has 0 saturated carbocycles. The maximum Gasteiger partial charge on any atom is 0.269 e. The first-order valence-corrected chi connectivity index (χ1v) is 6.02. The third-order valence-electron chi connectivity index (χ3n) is 3.18. The molecule has 0 bridgehead atoms. The zero-order valence-electron chi connectivity index (χ0n) is 11.0. The highest BCUT2D eigenvalue weighted by Crippen LogP contribution is 2.25. The molecular formula is C13H19NO4. The van der Waals surface area contributed by atoms with Crippen LogP contribution in [0.5, 0.6) is 5.75 Å². The van der Waals surface area contributed by atoms with Crippen molar-refractivity contribution < 1.29 is 14.8 Å².